The van der Waals surface area contributed by atoms with E-state index in [-0.39, 0.29) is 58.4 Å². The van der Waals surface area contributed by atoms with E-state index >= 15 is 0 Å². The summed E-state index contributed by atoms with van der Waals surface area (Å²) in [7, 11) is 0. The Morgan fingerprint density at radius 2 is 2.27 bits per heavy atom. The fourth-order valence-electron chi connectivity index (χ4n) is 1.12. The van der Waals surface area contributed by atoms with Gasteiger partial charge >= 0.3 is 57.4 Å². The van der Waals surface area contributed by atoms with Gasteiger partial charge in [-0.25, -0.2) is 4.79 Å². The zero-order chi connectivity index (χ0) is 10.6. The number of nitrogens with zero attached hydrogens (tertiary/aromatic N) is 1. The van der Waals surface area contributed by atoms with Crippen LogP contribution in [0.5, 0.6) is 0 Å². The molecule has 1 rings (SSSR count). The van der Waals surface area contributed by atoms with Gasteiger partial charge < -0.3 is 6.53 Å². The summed E-state index contributed by atoms with van der Waals surface area (Å²) in [5, 5.41) is 17.3. The number of hydrogen-bond acceptors (Lipinski definition) is 2. The quantitative estimate of drug-likeness (QED) is 0.405. The Balaban J connectivity index is 0. The van der Waals surface area contributed by atoms with Crippen LogP contribution in [0, 0.1) is 18.3 Å². The number of carbonyl (C=O) groups is 1. The molecule has 3 nitrogen and oxygen atoms in total. The molecule has 4 heteroatoms. The molecule has 15 heavy (non-hydrogen) atoms. The number of hydrogen-bond donors (Lipinski definition) is 1. The van der Waals surface area contributed by atoms with Gasteiger partial charge in [-0.05, 0) is 12.5 Å². The van der Waals surface area contributed by atoms with Crippen molar-refractivity contribution in [1.29, 1.82) is 5.26 Å². The largest absolute Gasteiger partial charge is 1.00 e. The van der Waals surface area contributed by atoms with Gasteiger partial charge in [-0.1, -0.05) is 29.8 Å². The number of carboxylic acids is 1. The van der Waals surface area contributed by atoms with Gasteiger partial charge in [-0.15, -0.1) is 0 Å². The predicted octanol–water partition coefficient (Wildman–Crippen LogP) is -0.897. The normalized spacial score (nSPS) is 10.0. The molecule has 0 aliphatic carbocycles. The SMILES string of the molecule is Cc1cccc(C(C#N)=CC(=O)O)c1.[H-].[K+]. The topological polar surface area (TPSA) is 61.1 Å². The standard InChI is InChI=1S/C11H9NO2.K.H/c1-8-3-2-4-9(5-8)10(7-12)6-11(13)14;;/h2-6H,1H3,(H,13,14);;/q;+1;-1. The molecule has 1 N–H and O–H groups in total. The van der Waals surface area contributed by atoms with Gasteiger partial charge in [0.2, 0.25) is 0 Å². The van der Waals surface area contributed by atoms with E-state index in [0.29, 0.717) is 5.56 Å². The van der Waals surface area contributed by atoms with Crippen LogP contribution in [0.3, 0.4) is 0 Å². The molecule has 0 amide bonds. The average molecular weight is 227 g/mol. The number of allylic oxidation sites excluding steroid dienone is 1. The zero-order valence-electron chi connectivity index (χ0n) is 9.69. The summed E-state index contributed by atoms with van der Waals surface area (Å²) >= 11 is 0. The van der Waals surface area contributed by atoms with Gasteiger partial charge in [0, 0.05) is 6.08 Å². The Labute approximate surface area is 132 Å². The van der Waals surface area contributed by atoms with Gasteiger partial charge in [0.1, 0.15) is 6.07 Å². The summed E-state index contributed by atoms with van der Waals surface area (Å²) < 4.78 is 0. The number of aryl methyl sites for hydroxylation is 1. The van der Waals surface area contributed by atoms with Gasteiger partial charge in [-0.2, -0.15) is 5.26 Å². The van der Waals surface area contributed by atoms with E-state index in [1.807, 2.05) is 19.1 Å². The first-order valence-electron chi connectivity index (χ1n) is 4.05. The molecule has 0 saturated carbocycles. The van der Waals surface area contributed by atoms with Crippen LogP contribution in [0.1, 0.15) is 12.6 Å². The van der Waals surface area contributed by atoms with Crippen LogP contribution < -0.4 is 51.4 Å². The monoisotopic (exact) mass is 227 g/mol. The van der Waals surface area contributed by atoms with Crippen LogP contribution >= 0.6 is 0 Å². The average Bonchev–Trinajstić information content (AvgIpc) is 2.14. The van der Waals surface area contributed by atoms with E-state index in [1.54, 1.807) is 18.2 Å². The van der Waals surface area contributed by atoms with Crippen molar-refractivity contribution in [2.75, 3.05) is 0 Å². The molecule has 1 aromatic rings. The van der Waals surface area contributed by atoms with Gasteiger partial charge in [0.15, 0.2) is 0 Å². The fraction of sp³-hybridized carbons (Fsp3) is 0.0909. The van der Waals surface area contributed by atoms with Crippen molar-refractivity contribution in [2.24, 2.45) is 0 Å². The van der Waals surface area contributed by atoms with Gasteiger partial charge in [0.25, 0.3) is 0 Å². The second kappa shape index (κ2) is 6.93. The van der Waals surface area contributed by atoms with Gasteiger partial charge in [-0.3, -0.25) is 0 Å². The van der Waals surface area contributed by atoms with E-state index in [9.17, 15) is 4.79 Å². The Kier molecular flexibility index (Phi) is 6.73. The Morgan fingerprint density at radius 1 is 1.60 bits per heavy atom. The molecule has 72 valence electrons. The minimum Gasteiger partial charge on any atom is -1.00 e. The van der Waals surface area contributed by atoms with Crippen molar-refractivity contribution in [3.63, 3.8) is 0 Å². The van der Waals surface area contributed by atoms with E-state index in [1.165, 1.54) is 0 Å². The summed E-state index contributed by atoms with van der Waals surface area (Å²) in [4.78, 5) is 10.4. The first kappa shape index (κ1) is 14.6. The molecular weight excluding hydrogens is 217 g/mol. The number of aliphatic carboxylic acids is 1. The van der Waals surface area contributed by atoms with E-state index < -0.39 is 5.97 Å². The second-order valence-corrected chi connectivity index (χ2v) is 2.88. The Hall–Kier alpha value is -0.444. The summed E-state index contributed by atoms with van der Waals surface area (Å²) in [6.07, 6.45) is 0.911. The summed E-state index contributed by atoms with van der Waals surface area (Å²) in [6, 6.07) is 9.02. The Morgan fingerprint density at radius 3 is 2.73 bits per heavy atom. The molecule has 0 aliphatic heterocycles. The maximum Gasteiger partial charge on any atom is 1.00 e. The molecule has 0 radical (unpaired) electrons. The minimum atomic E-state index is -1.11. The third-order valence-corrected chi connectivity index (χ3v) is 1.72. The number of rotatable bonds is 2. The molecular formula is C11H10KNO2. The van der Waals surface area contributed by atoms with E-state index in [4.69, 9.17) is 10.4 Å². The Bertz CT molecular complexity index is 438. The zero-order valence-corrected chi connectivity index (χ0v) is 11.8. The van der Waals surface area contributed by atoms with Crippen molar-refractivity contribution in [3.05, 3.63) is 41.5 Å². The summed E-state index contributed by atoms with van der Waals surface area (Å²) in [5.74, 6) is -1.11. The fourth-order valence-corrected chi connectivity index (χ4v) is 1.12. The van der Waals surface area contributed by atoms with E-state index in [0.717, 1.165) is 11.6 Å². The van der Waals surface area contributed by atoms with Crippen molar-refractivity contribution in [2.45, 2.75) is 6.92 Å². The molecule has 0 heterocycles. The van der Waals surface area contributed by atoms with Crippen LogP contribution in [-0.4, -0.2) is 11.1 Å². The smallest absolute Gasteiger partial charge is 1.00 e. The van der Waals surface area contributed by atoms with Crippen LogP contribution in [0.2, 0.25) is 0 Å². The molecule has 0 bridgehead atoms. The maximum atomic E-state index is 10.4. The van der Waals surface area contributed by atoms with Crippen LogP contribution in [0.25, 0.3) is 5.57 Å². The minimum absolute atomic E-state index is 0. The van der Waals surface area contributed by atoms with Crippen molar-refractivity contribution in [3.8, 4) is 6.07 Å². The molecule has 0 saturated heterocycles. The van der Waals surface area contributed by atoms with Crippen molar-refractivity contribution in [1.82, 2.24) is 0 Å². The number of carboxylic acid groups (broad SMARTS) is 1. The van der Waals surface area contributed by atoms with Gasteiger partial charge in [0.05, 0.1) is 5.57 Å². The second-order valence-electron chi connectivity index (χ2n) is 2.88. The molecule has 0 aromatic heterocycles. The molecule has 0 unspecified atom stereocenters. The maximum absolute atomic E-state index is 10.4. The van der Waals surface area contributed by atoms with Crippen molar-refractivity contribution >= 4 is 11.5 Å². The van der Waals surface area contributed by atoms with E-state index in [2.05, 4.69) is 0 Å². The summed E-state index contributed by atoms with van der Waals surface area (Å²) in [5.41, 5.74) is 1.80. The third-order valence-electron chi connectivity index (χ3n) is 1.72. The molecule has 0 spiro atoms. The third kappa shape index (κ3) is 4.73. The van der Waals surface area contributed by atoms with Crippen LogP contribution in [0.4, 0.5) is 0 Å². The number of nitriles is 1. The predicted molar refractivity (Wildman–Crippen MR) is 53.5 cm³/mol. The first-order chi connectivity index (χ1) is 6.63. The first-order valence-corrected chi connectivity index (χ1v) is 4.05. The molecule has 0 atom stereocenters. The summed E-state index contributed by atoms with van der Waals surface area (Å²) in [6.45, 7) is 1.89. The van der Waals surface area contributed by atoms with Crippen LogP contribution in [0.15, 0.2) is 30.3 Å². The van der Waals surface area contributed by atoms with Crippen molar-refractivity contribution < 1.29 is 62.7 Å². The number of benzene rings is 1. The van der Waals surface area contributed by atoms with Crippen LogP contribution in [-0.2, 0) is 4.79 Å². The molecule has 0 fully saturated rings. The molecule has 1 aromatic carbocycles. The molecule has 0 aliphatic rings.